The Kier molecular flexibility index (Phi) is 7.16. The second-order valence-electron chi connectivity index (χ2n) is 6.35. The second-order valence-corrected chi connectivity index (χ2v) is 6.35. The summed E-state index contributed by atoms with van der Waals surface area (Å²) in [6.07, 6.45) is 0. The molecule has 3 aromatic carbocycles. The molecule has 0 aliphatic heterocycles. The highest BCUT2D eigenvalue weighted by atomic mass is 16.5. The number of benzene rings is 3. The fourth-order valence-corrected chi connectivity index (χ4v) is 2.97. The molecule has 0 bridgehead atoms. The fraction of sp³-hybridized carbons (Fsp3) is 0.208. The maximum absolute atomic E-state index is 12.8. The van der Waals surface area contributed by atoms with Crippen molar-refractivity contribution in [2.45, 2.75) is 13.5 Å². The van der Waals surface area contributed by atoms with Crippen molar-refractivity contribution < 1.29 is 23.7 Å². The third-order valence-electron chi connectivity index (χ3n) is 4.43. The van der Waals surface area contributed by atoms with Gasteiger partial charge < -0.3 is 24.3 Å². The molecule has 1 amide bonds. The number of hydrogen-bond acceptors (Lipinski definition) is 5. The average Bonchev–Trinajstić information content (AvgIpc) is 2.79. The number of methoxy groups -OCH3 is 2. The summed E-state index contributed by atoms with van der Waals surface area (Å²) in [4.78, 5) is 12.8. The molecule has 0 saturated heterocycles. The Hall–Kier alpha value is -3.67. The van der Waals surface area contributed by atoms with Crippen LogP contribution in [0, 0.1) is 0 Å². The molecular formula is C24H25NO5. The normalized spacial score (nSPS) is 10.2. The van der Waals surface area contributed by atoms with Crippen molar-refractivity contribution >= 4 is 11.6 Å². The van der Waals surface area contributed by atoms with Gasteiger partial charge in [0.15, 0.2) is 11.5 Å². The molecular weight excluding hydrogens is 382 g/mol. The number of carbonyl (C=O) groups is 1. The standard InChI is InChI=1S/C24H25NO5/c1-4-29-21-10-6-5-9-19(21)25-24(26)17-13-14-20(27-2)18(15-17)16-30-23-12-8-7-11-22(23)28-3/h5-15H,4,16H2,1-3H3,(H,25,26). The van der Waals surface area contributed by atoms with Crippen LogP contribution in [0.3, 0.4) is 0 Å². The molecule has 3 aromatic rings. The molecule has 0 heterocycles. The largest absolute Gasteiger partial charge is 0.496 e. The van der Waals surface area contributed by atoms with Gasteiger partial charge >= 0.3 is 0 Å². The van der Waals surface area contributed by atoms with Crippen LogP contribution >= 0.6 is 0 Å². The van der Waals surface area contributed by atoms with E-state index < -0.39 is 0 Å². The SMILES string of the molecule is CCOc1ccccc1NC(=O)c1ccc(OC)c(COc2ccccc2OC)c1. The Bertz CT molecular complexity index is 1000. The van der Waals surface area contributed by atoms with Crippen molar-refractivity contribution in [2.75, 3.05) is 26.1 Å². The predicted molar refractivity (Wildman–Crippen MR) is 116 cm³/mol. The molecule has 6 nitrogen and oxygen atoms in total. The molecule has 0 saturated carbocycles. The van der Waals surface area contributed by atoms with Crippen molar-refractivity contribution in [2.24, 2.45) is 0 Å². The highest BCUT2D eigenvalue weighted by molar-refractivity contribution is 6.05. The van der Waals surface area contributed by atoms with E-state index in [0.29, 0.717) is 40.9 Å². The van der Waals surface area contributed by atoms with Crippen molar-refractivity contribution in [3.05, 3.63) is 77.9 Å². The predicted octanol–water partition coefficient (Wildman–Crippen LogP) is 4.93. The number of para-hydroxylation sites is 4. The lowest BCUT2D eigenvalue weighted by Gasteiger charge is -2.14. The molecule has 0 spiro atoms. The van der Waals surface area contributed by atoms with Crippen LogP contribution in [0.2, 0.25) is 0 Å². The van der Waals surface area contributed by atoms with Crippen LogP contribution in [0.4, 0.5) is 5.69 Å². The lowest BCUT2D eigenvalue weighted by molar-refractivity contribution is 0.102. The van der Waals surface area contributed by atoms with Gasteiger partial charge in [0.25, 0.3) is 5.91 Å². The van der Waals surface area contributed by atoms with E-state index in [1.165, 1.54) is 0 Å². The number of amides is 1. The molecule has 1 N–H and O–H groups in total. The summed E-state index contributed by atoms with van der Waals surface area (Å²) in [5.41, 5.74) is 1.85. The lowest BCUT2D eigenvalue weighted by atomic mass is 10.1. The van der Waals surface area contributed by atoms with Crippen molar-refractivity contribution in [1.29, 1.82) is 0 Å². The quantitative estimate of drug-likeness (QED) is 0.545. The van der Waals surface area contributed by atoms with Crippen molar-refractivity contribution in [3.63, 3.8) is 0 Å². The Labute approximate surface area is 176 Å². The van der Waals surface area contributed by atoms with Gasteiger partial charge in [-0.25, -0.2) is 0 Å². The molecule has 0 aliphatic rings. The van der Waals surface area contributed by atoms with Crippen LogP contribution in [-0.4, -0.2) is 26.7 Å². The van der Waals surface area contributed by atoms with Crippen LogP contribution in [0.1, 0.15) is 22.8 Å². The topological polar surface area (TPSA) is 66.0 Å². The van der Waals surface area contributed by atoms with Gasteiger partial charge in [0.05, 0.1) is 26.5 Å². The lowest BCUT2D eigenvalue weighted by Crippen LogP contribution is -2.14. The number of anilines is 1. The summed E-state index contributed by atoms with van der Waals surface area (Å²) in [6, 6.07) is 19.9. The molecule has 0 aliphatic carbocycles. The van der Waals surface area contributed by atoms with E-state index >= 15 is 0 Å². The van der Waals surface area contributed by atoms with Gasteiger partial charge in [0.1, 0.15) is 18.1 Å². The molecule has 0 atom stereocenters. The highest BCUT2D eigenvalue weighted by Gasteiger charge is 2.14. The molecule has 3 rings (SSSR count). The van der Waals surface area contributed by atoms with Gasteiger partial charge in [-0.3, -0.25) is 4.79 Å². The van der Waals surface area contributed by atoms with Gasteiger partial charge in [-0.15, -0.1) is 0 Å². The van der Waals surface area contributed by atoms with E-state index in [2.05, 4.69) is 5.32 Å². The van der Waals surface area contributed by atoms with E-state index in [1.54, 1.807) is 38.5 Å². The van der Waals surface area contributed by atoms with Crippen LogP contribution in [0.15, 0.2) is 66.7 Å². The van der Waals surface area contributed by atoms with Crippen LogP contribution < -0.4 is 24.3 Å². The van der Waals surface area contributed by atoms with Gasteiger partial charge in [0.2, 0.25) is 0 Å². The number of hydrogen-bond donors (Lipinski definition) is 1. The zero-order valence-electron chi connectivity index (χ0n) is 17.3. The summed E-state index contributed by atoms with van der Waals surface area (Å²) < 4.78 is 22.2. The first-order chi connectivity index (χ1) is 14.7. The highest BCUT2D eigenvalue weighted by Crippen LogP contribution is 2.29. The minimum Gasteiger partial charge on any atom is -0.496 e. The summed E-state index contributed by atoms with van der Waals surface area (Å²) in [5, 5.41) is 2.90. The van der Waals surface area contributed by atoms with Crippen LogP contribution in [0.25, 0.3) is 0 Å². The molecule has 0 fully saturated rings. The number of nitrogens with one attached hydrogen (secondary N) is 1. The van der Waals surface area contributed by atoms with Crippen LogP contribution in [0.5, 0.6) is 23.0 Å². The zero-order valence-corrected chi connectivity index (χ0v) is 17.3. The van der Waals surface area contributed by atoms with Gasteiger partial charge in [-0.2, -0.15) is 0 Å². The van der Waals surface area contributed by atoms with E-state index in [-0.39, 0.29) is 12.5 Å². The minimum absolute atomic E-state index is 0.222. The summed E-state index contributed by atoms with van der Waals surface area (Å²) in [7, 11) is 3.17. The third-order valence-corrected chi connectivity index (χ3v) is 4.43. The van der Waals surface area contributed by atoms with E-state index in [0.717, 1.165) is 5.56 Å². The monoisotopic (exact) mass is 407 g/mol. The van der Waals surface area contributed by atoms with Gasteiger partial charge in [0, 0.05) is 11.1 Å². The molecule has 30 heavy (non-hydrogen) atoms. The Morgan fingerprint density at radius 2 is 1.47 bits per heavy atom. The number of rotatable bonds is 9. The third kappa shape index (κ3) is 5.03. The van der Waals surface area contributed by atoms with E-state index in [4.69, 9.17) is 18.9 Å². The first-order valence-electron chi connectivity index (χ1n) is 9.62. The molecule has 0 aromatic heterocycles. The summed E-state index contributed by atoms with van der Waals surface area (Å²) >= 11 is 0. The molecule has 156 valence electrons. The Morgan fingerprint density at radius 3 is 2.17 bits per heavy atom. The molecule has 6 heteroatoms. The average molecular weight is 407 g/mol. The first kappa shape index (κ1) is 21.0. The maximum atomic E-state index is 12.8. The zero-order chi connectivity index (χ0) is 21.3. The van der Waals surface area contributed by atoms with E-state index in [9.17, 15) is 4.79 Å². The van der Waals surface area contributed by atoms with Gasteiger partial charge in [-0.1, -0.05) is 24.3 Å². The van der Waals surface area contributed by atoms with Crippen LogP contribution in [-0.2, 0) is 6.61 Å². The van der Waals surface area contributed by atoms with E-state index in [1.807, 2.05) is 49.4 Å². The van der Waals surface area contributed by atoms with Gasteiger partial charge in [-0.05, 0) is 49.4 Å². The Balaban J connectivity index is 1.79. The first-order valence-corrected chi connectivity index (χ1v) is 9.62. The van der Waals surface area contributed by atoms with Crippen molar-refractivity contribution in [1.82, 2.24) is 0 Å². The number of carbonyl (C=O) groups excluding carboxylic acids is 1. The Morgan fingerprint density at radius 1 is 0.800 bits per heavy atom. The molecule has 0 radical (unpaired) electrons. The second kappa shape index (κ2) is 10.2. The minimum atomic E-state index is -0.247. The fourth-order valence-electron chi connectivity index (χ4n) is 2.97. The van der Waals surface area contributed by atoms with Crippen molar-refractivity contribution in [3.8, 4) is 23.0 Å². The maximum Gasteiger partial charge on any atom is 0.255 e. The molecule has 0 unspecified atom stereocenters. The number of ether oxygens (including phenoxy) is 4. The summed E-state index contributed by atoms with van der Waals surface area (Å²) in [6.45, 7) is 2.64. The smallest absolute Gasteiger partial charge is 0.255 e. The summed E-state index contributed by atoms with van der Waals surface area (Å²) in [5.74, 6) is 2.27.